The number of carbonyl (C=O) groups is 1. The minimum absolute atomic E-state index is 0.280. The lowest BCUT2D eigenvalue weighted by molar-refractivity contribution is -0.127. The Morgan fingerprint density at radius 3 is 2.81 bits per heavy atom. The number of amides is 1. The Balaban J connectivity index is 1.46. The highest BCUT2D eigenvalue weighted by molar-refractivity contribution is 5.79. The fourth-order valence-electron chi connectivity index (χ4n) is 3.72. The van der Waals surface area contributed by atoms with Crippen molar-refractivity contribution in [2.75, 3.05) is 13.2 Å². The van der Waals surface area contributed by atoms with E-state index < -0.39 is 0 Å². The molecule has 2 saturated carbocycles. The molecule has 1 saturated heterocycles. The van der Waals surface area contributed by atoms with Gasteiger partial charge in [0.05, 0.1) is 6.10 Å². The van der Waals surface area contributed by atoms with Gasteiger partial charge in [-0.15, -0.1) is 0 Å². The Hall–Kier alpha value is -0.570. The van der Waals surface area contributed by atoms with Crippen molar-refractivity contribution in [3.63, 3.8) is 0 Å². The summed E-state index contributed by atoms with van der Waals surface area (Å²) in [6.45, 7) is 1.60. The zero-order valence-electron chi connectivity index (χ0n) is 9.78. The summed E-state index contributed by atoms with van der Waals surface area (Å²) in [5.74, 6) is 2.15. The molecule has 0 radical (unpaired) electrons. The largest absolute Gasteiger partial charge is 0.376 e. The minimum atomic E-state index is 0.280. The molecule has 3 rings (SSSR count). The van der Waals surface area contributed by atoms with Crippen molar-refractivity contribution < 1.29 is 9.53 Å². The third kappa shape index (κ3) is 1.97. The van der Waals surface area contributed by atoms with Gasteiger partial charge in [0.2, 0.25) is 5.91 Å². The highest BCUT2D eigenvalue weighted by atomic mass is 16.5. The summed E-state index contributed by atoms with van der Waals surface area (Å²) in [5, 5.41) is 3.09. The van der Waals surface area contributed by atoms with Gasteiger partial charge in [-0.3, -0.25) is 4.79 Å². The molecule has 0 spiro atoms. The van der Waals surface area contributed by atoms with Crippen LogP contribution >= 0.6 is 0 Å². The third-order valence-electron chi connectivity index (χ3n) is 4.60. The van der Waals surface area contributed by atoms with Crippen LogP contribution in [0, 0.1) is 17.8 Å². The lowest BCUT2D eigenvalue weighted by Crippen LogP contribution is -2.38. The van der Waals surface area contributed by atoms with E-state index >= 15 is 0 Å². The molecule has 1 aliphatic heterocycles. The van der Waals surface area contributed by atoms with Crippen molar-refractivity contribution in [3.8, 4) is 0 Å². The number of ether oxygens (including phenoxy) is 1. The van der Waals surface area contributed by atoms with Crippen LogP contribution in [0.5, 0.6) is 0 Å². The lowest BCUT2D eigenvalue weighted by atomic mass is 9.88. The summed E-state index contributed by atoms with van der Waals surface area (Å²) < 4.78 is 5.51. The SMILES string of the molecule is O=C(NC[C@H]1CCCO1)[C@@H]1C[C@H]2CC[C@H]1C2. The molecular formula is C13H21NO2. The van der Waals surface area contributed by atoms with Crippen LogP contribution in [0.4, 0.5) is 0 Å². The van der Waals surface area contributed by atoms with Gasteiger partial charge in [0.1, 0.15) is 0 Å². The first kappa shape index (κ1) is 10.6. The molecule has 3 nitrogen and oxygen atoms in total. The highest BCUT2D eigenvalue weighted by Gasteiger charge is 2.42. The predicted octanol–water partition coefficient (Wildman–Crippen LogP) is 1.72. The van der Waals surface area contributed by atoms with Crippen LogP contribution in [0.1, 0.15) is 38.5 Å². The number of rotatable bonds is 3. The Morgan fingerprint density at radius 1 is 1.25 bits per heavy atom. The Labute approximate surface area is 96.9 Å². The Kier molecular flexibility index (Phi) is 2.88. The van der Waals surface area contributed by atoms with Crippen molar-refractivity contribution in [1.82, 2.24) is 5.32 Å². The topological polar surface area (TPSA) is 38.3 Å². The standard InChI is InChI=1S/C13H21NO2/c15-13(14-8-11-2-1-5-16-11)12-7-9-3-4-10(12)6-9/h9-12H,1-8H2,(H,14,15)/t9-,10-,11+,12+/m0/s1. The summed E-state index contributed by atoms with van der Waals surface area (Å²) in [7, 11) is 0. The number of hydrogen-bond donors (Lipinski definition) is 1. The van der Waals surface area contributed by atoms with Crippen LogP contribution in [-0.4, -0.2) is 25.2 Å². The van der Waals surface area contributed by atoms with E-state index in [0.717, 1.165) is 38.3 Å². The molecule has 3 aliphatic rings. The predicted molar refractivity (Wildman–Crippen MR) is 60.9 cm³/mol. The van der Waals surface area contributed by atoms with E-state index in [2.05, 4.69) is 5.32 Å². The molecule has 0 aromatic rings. The highest BCUT2D eigenvalue weighted by Crippen LogP contribution is 2.48. The molecule has 1 N–H and O–H groups in total. The normalized spacial score (nSPS) is 41.5. The minimum Gasteiger partial charge on any atom is -0.376 e. The average molecular weight is 223 g/mol. The van der Waals surface area contributed by atoms with Gasteiger partial charge in [0.15, 0.2) is 0 Å². The van der Waals surface area contributed by atoms with E-state index in [4.69, 9.17) is 4.74 Å². The molecule has 16 heavy (non-hydrogen) atoms. The smallest absolute Gasteiger partial charge is 0.223 e. The molecule has 4 atom stereocenters. The van der Waals surface area contributed by atoms with Gasteiger partial charge in [-0.05, 0) is 43.9 Å². The fourth-order valence-corrected chi connectivity index (χ4v) is 3.72. The zero-order valence-corrected chi connectivity index (χ0v) is 9.78. The molecule has 90 valence electrons. The first-order valence-electron chi connectivity index (χ1n) is 6.72. The van der Waals surface area contributed by atoms with E-state index in [-0.39, 0.29) is 6.10 Å². The molecule has 3 heteroatoms. The number of nitrogens with one attached hydrogen (secondary N) is 1. The lowest BCUT2D eigenvalue weighted by Gasteiger charge is -2.21. The van der Waals surface area contributed by atoms with Crippen LogP contribution in [-0.2, 0) is 9.53 Å². The van der Waals surface area contributed by atoms with Gasteiger partial charge in [-0.2, -0.15) is 0 Å². The second-order valence-electron chi connectivity index (χ2n) is 5.66. The second-order valence-corrected chi connectivity index (χ2v) is 5.66. The summed E-state index contributed by atoms with van der Waals surface area (Å²) in [4.78, 5) is 12.0. The van der Waals surface area contributed by atoms with Crippen LogP contribution in [0.2, 0.25) is 0 Å². The molecular weight excluding hydrogens is 202 g/mol. The molecule has 2 aliphatic carbocycles. The molecule has 0 unspecified atom stereocenters. The van der Waals surface area contributed by atoms with Crippen LogP contribution in [0.15, 0.2) is 0 Å². The average Bonchev–Trinajstić information content (AvgIpc) is 3.01. The van der Waals surface area contributed by atoms with Crippen LogP contribution in [0.25, 0.3) is 0 Å². The molecule has 3 fully saturated rings. The molecule has 2 bridgehead atoms. The fraction of sp³-hybridized carbons (Fsp3) is 0.923. The third-order valence-corrected chi connectivity index (χ3v) is 4.60. The van der Waals surface area contributed by atoms with Gasteiger partial charge in [0, 0.05) is 19.1 Å². The molecule has 0 aromatic carbocycles. The Bertz CT molecular complexity index is 273. The summed E-state index contributed by atoms with van der Waals surface area (Å²) in [5.41, 5.74) is 0. The van der Waals surface area contributed by atoms with E-state index in [0.29, 0.717) is 17.7 Å². The zero-order chi connectivity index (χ0) is 11.0. The first-order valence-corrected chi connectivity index (χ1v) is 6.72. The van der Waals surface area contributed by atoms with Gasteiger partial charge >= 0.3 is 0 Å². The molecule has 1 amide bonds. The van der Waals surface area contributed by atoms with Crippen LogP contribution < -0.4 is 5.32 Å². The Morgan fingerprint density at radius 2 is 2.19 bits per heavy atom. The van der Waals surface area contributed by atoms with Crippen molar-refractivity contribution in [2.45, 2.75) is 44.6 Å². The maximum atomic E-state index is 12.0. The van der Waals surface area contributed by atoms with E-state index in [1.54, 1.807) is 0 Å². The number of fused-ring (bicyclic) bond motifs is 2. The van der Waals surface area contributed by atoms with Crippen molar-refractivity contribution in [3.05, 3.63) is 0 Å². The summed E-state index contributed by atoms with van der Waals surface area (Å²) >= 11 is 0. The second kappa shape index (κ2) is 4.36. The number of carbonyl (C=O) groups excluding carboxylic acids is 1. The van der Waals surface area contributed by atoms with Gasteiger partial charge < -0.3 is 10.1 Å². The van der Waals surface area contributed by atoms with Crippen molar-refractivity contribution >= 4 is 5.91 Å². The van der Waals surface area contributed by atoms with Crippen molar-refractivity contribution in [1.29, 1.82) is 0 Å². The maximum Gasteiger partial charge on any atom is 0.223 e. The van der Waals surface area contributed by atoms with Gasteiger partial charge in [-0.25, -0.2) is 0 Å². The number of hydrogen-bond acceptors (Lipinski definition) is 2. The molecule has 0 aromatic heterocycles. The maximum absolute atomic E-state index is 12.0. The van der Waals surface area contributed by atoms with Crippen LogP contribution in [0.3, 0.4) is 0 Å². The van der Waals surface area contributed by atoms with Gasteiger partial charge in [0.25, 0.3) is 0 Å². The summed E-state index contributed by atoms with van der Waals surface area (Å²) in [6, 6.07) is 0. The van der Waals surface area contributed by atoms with E-state index in [1.807, 2.05) is 0 Å². The summed E-state index contributed by atoms with van der Waals surface area (Å²) in [6.07, 6.45) is 7.62. The van der Waals surface area contributed by atoms with E-state index in [9.17, 15) is 4.79 Å². The quantitative estimate of drug-likeness (QED) is 0.791. The first-order chi connectivity index (χ1) is 7.83. The monoisotopic (exact) mass is 223 g/mol. The van der Waals surface area contributed by atoms with E-state index in [1.165, 1.54) is 19.3 Å². The van der Waals surface area contributed by atoms with Crippen molar-refractivity contribution in [2.24, 2.45) is 17.8 Å². The van der Waals surface area contributed by atoms with Gasteiger partial charge in [-0.1, -0.05) is 6.42 Å². The molecule has 1 heterocycles.